The van der Waals surface area contributed by atoms with Crippen molar-refractivity contribution in [3.8, 4) is 0 Å². The SMILES string of the molecule is Cn1cnc(C(=O)Cc2ccccc2Cl)c1. The topological polar surface area (TPSA) is 34.9 Å². The van der Waals surface area contributed by atoms with Crippen molar-refractivity contribution < 1.29 is 4.79 Å². The molecule has 82 valence electrons. The molecule has 16 heavy (non-hydrogen) atoms. The van der Waals surface area contributed by atoms with Gasteiger partial charge in [-0.1, -0.05) is 29.8 Å². The van der Waals surface area contributed by atoms with Gasteiger partial charge in [0.2, 0.25) is 0 Å². The van der Waals surface area contributed by atoms with Crippen LogP contribution in [0.15, 0.2) is 36.8 Å². The van der Waals surface area contributed by atoms with Crippen LogP contribution in [0, 0.1) is 0 Å². The number of aromatic nitrogens is 2. The number of Topliss-reactive ketones (excluding diaryl/α,β-unsaturated/α-hetero) is 1. The van der Waals surface area contributed by atoms with E-state index in [9.17, 15) is 4.79 Å². The van der Waals surface area contributed by atoms with Crippen LogP contribution >= 0.6 is 11.6 Å². The van der Waals surface area contributed by atoms with E-state index in [1.807, 2.05) is 25.2 Å². The highest BCUT2D eigenvalue weighted by Crippen LogP contribution is 2.16. The molecule has 0 bridgehead atoms. The molecule has 4 heteroatoms. The van der Waals surface area contributed by atoms with E-state index in [-0.39, 0.29) is 12.2 Å². The Morgan fingerprint density at radius 1 is 1.44 bits per heavy atom. The third kappa shape index (κ3) is 2.31. The van der Waals surface area contributed by atoms with Gasteiger partial charge in [0.15, 0.2) is 5.78 Å². The monoisotopic (exact) mass is 234 g/mol. The van der Waals surface area contributed by atoms with E-state index in [2.05, 4.69) is 4.98 Å². The lowest BCUT2D eigenvalue weighted by molar-refractivity contribution is 0.0988. The number of hydrogen-bond acceptors (Lipinski definition) is 2. The summed E-state index contributed by atoms with van der Waals surface area (Å²) in [4.78, 5) is 15.9. The number of carbonyl (C=O) groups excluding carboxylic acids is 1. The number of hydrogen-bond donors (Lipinski definition) is 0. The lowest BCUT2D eigenvalue weighted by Gasteiger charge is -2.01. The largest absolute Gasteiger partial charge is 0.340 e. The van der Waals surface area contributed by atoms with Gasteiger partial charge in [0.25, 0.3) is 0 Å². The predicted molar refractivity (Wildman–Crippen MR) is 62.7 cm³/mol. The minimum Gasteiger partial charge on any atom is -0.340 e. The molecule has 3 nitrogen and oxygen atoms in total. The maximum atomic E-state index is 11.8. The molecule has 1 heterocycles. The van der Waals surface area contributed by atoms with Crippen molar-refractivity contribution in [3.63, 3.8) is 0 Å². The first-order valence-electron chi connectivity index (χ1n) is 4.91. The van der Waals surface area contributed by atoms with E-state index in [1.54, 1.807) is 23.2 Å². The summed E-state index contributed by atoms with van der Waals surface area (Å²) in [6.07, 6.45) is 3.61. The highest BCUT2D eigenvalue weighted by atomic mass is 35.5. The summed E-state index contributed by atoms with van der Waals surface area (Å²) < 4.78 is 1.75. The third-order valence-electron chi connectivity index (χ3n) is 2.30. The zero-order valence-electron chi connectivity index (χ0n) is 8.85. The first-order chi connectivity index (χ1) is 7.66. The number of benzene rings is 1. The van der Waals surface area contributed by atoms with Gasteiger partial charge in [0.1, 0.15) is 5.69 Å². The molecule has 2 aromatic rings. The lowest BCUT2D eigenvalue weighted by atomic mass is 10.1. The molecule has 1 aromatic heterocycles. The van der Waals surface area contributed by atoms with E-state index in [0.717, 1.165) is 5.56 Å². The molecule has 0 saturated carbocycles. The fourth-order valence-corrected chi connectivity index (χ4v) is 1.66. The number of halogens is 1. The second-order valence-corrected chi connectivity index (χ2v) is 4.02. The van der Waals surface area contributed by atoms with Crippen LogP contribution in [0.2, 0.25) is 5.02 Å². The Bertz CT molecular complexity index is 519. The Hall–Kier alpha value is -1.61. The first kappa shape index (κ1) is 10.9. The number of aryl methyl sites for hydroxylation is 1. The van der Waals surface area contributed by atoms with Crippen LogP contribution in [-0.2, 0) is 13.5 Å². The summed E-state index contributed by atoms with van der Waals surface area (Å²) in [6.45, 7) is 0. The van der Waals surface area contributed by atoms with Crippen molar-refractivity contribution in [3.05, 3.63) is 53.1 Å². The number of rotatable bonds is 3. The molecule has 2 rings (SSSR count). The van der Waals surface area contributed by atoms with Crippen molar-refractivity contribution >= 4 is 17.4 Å². The van der Waals surface area contributed by atoms with Crippen LogP contribution in [0.25, 0.3) is 0 Å². The second kappa shape index (κ2) is 4.49. The summed E-state index contributed by atoms with van der Waals surface area (Å²) in [7, 11) is 1.83. The Morgan fingerprint density at radius 3 is 2.81 bits per heavy atom. The molecule has 0 unspecified atom stereocenters. The van der Waals surface area contributed by atoms with Crippen molar-refractivity contribution in [2.45, 2.75) is 6.42 Å². The lowest BCUT2D eigenvalue weighted by Crippen LogP contribution is -2.04. The quantitative estimate of drug-likeness (QED) is 0.765. The summed E-state index contributed by atoms with van der Waals surface area (Å²) in [5.74, 6) is -0.0197. The zero-order chi connectivity index (χ0) is 11.5. The van der Waals surface area contributed by atoms with Crippen molar-refractivity contribution in [2.24, 2.45) is 7.05 Å². The molecule has 0 spiro atoms. The molecule has 0 fully saturated rings. The van der Waals surface area contributed by atoms with E-state index in [1.165, 1.54) is 0 Å². The predicted octanol–water partition coefficient (Wildman–Crippen LogP) is 2.50. The molecular formula is C12H11ClN2O. The van der Waals surface area contributed by atoms with Crippen LogP contribution in [0.4, 0.5) is 0 Å². The zero-order valence-corrected chi connectivity index (χ0v) is 9.61. The van der Waals surface area contributed by atoms with Crippen LogP contribution in [-0.4, -0.2) is 15.3 Å². The number of ketones is 1. The molecule has 0 N–H and O–H groups in total. The van der Waals surface area contributed by atoms with Gasteiger partial charge < -0.3 is 4.57 Å². The van der Waals surface area contributed by atoms with Gasteiger partial charge in [-0.15, -0.1) is 0 Å². The summed E-state index contributed by atoms with van der Waals surface area (Å²) >= 11 is 5.98. The molecular weight excluding hydrogens is 224 g/mol. The molecule has 0 atom stereocenters. The van der Waals surface area contributed by atoms with Crippen LogP contribution in [0.1, 0.15) is 16.1 Å². The van der Waals surface area contributed by atoms with Gasteiger partial charge in [-0.2, -0.15) is 0 Å². The minimum atomic E-state index is -0.0197. The average Bonchev–Trinajstić information content (AvgIpc) is 2.68. The Balaban J connectivity index is 2.17. The van der Waals surface area contributed by atoms with Crippen LogP contribution < -0.4 is 0 Å². The maximum absolute atomic E-state index is 11.8. The van der Waals surface area contributed by atoms with Gasteiger partial charge in [0, 0.05) is 24.7 Å². The third-order valence-corrected chi connectivity index (χ3v) is 2.67. The second-order valence-electron chi connectivity index (χ2n) is 3.62. The fraction of sp³-hybridized carbons (Fsp3) is 0.167. The number of nitrogens with zero attached hydrogens (tertiary/aromatic N) is 2. The average molecular weight is 235 g/mol. The van der Waals surface area contributed by atoms with Crippen molar-refractivity contribution in [1.82, 2.24) is 9.55 Å². The normalized spacial score (nSPS) is 10.4. The van der Waals surface area contributed by atoms with Gasteiger partial charge in [-0.25, -0.2) is 4.98 Å². The van der Waals surface area contributed by atoms with Gasteiger partial charge >= 0.3 is 0 Å². The highest BCUT2D eigenvalue weighted by molar-refractivity contribution is 6.31. The van der Waals surface area contributed by atoms with Crippen molar-refractivity contribution in [1.29, 1.82) is 0 Å². The molecule has 0 saturated heterocycles. The fourth-order valence-electron chi connectivity index (χ4n) is 1.46. The molecule has 0 aliphatic carbocycles. The number of imidazole rings is 1. The molecule has 1 aromatic carbocycles. The van der Waals surface area contributed by atoms with E-state index < -0.39 is 0 Å². The number of carbonyl (C=O) groups is 1. The standard InChI is InChI=1S/C12H11ClN2O/c1-15-7-11(14-8-15)12(16)6-9-4-2-3-5-10(9)13/h2-5,7-8H,6H2,1H3. The van der Waals surface area contributed by atoms with Crippen LogP contribution in [0.5, 0.6) is 0 Å². The Labute approximate surface area is 98.7 Å². The smallest absolute Gasteiger partial charge is 0.187 e. The van der Waals surface area contributed by atoms with Gasteiger partial charge in [-0.3, -0.25) is 4.79 Å². The summed E-state index contributed by atoms with van der Waals surface area (Å²) in [6, 6.07) is 7.34. The van der Waals surface area contributed by atoms with E-state index in [0.29, 0.717) is 10.7 Å². The molecule has 0 aliphatic rings. The Kier molecular flexibility index (Phi) is 3.06. The molecule has 0 radical (unpaired) electrons. The molecule has 0 aliphatic heterocycles. The molecule has 0 amide bonds. The highest BCUT2D eigenvalue weighted by Gasteiger charge is 2.11. The first-order valence-corrected chi connectivity index (χ1v) is 5.29. The summed E-state index contributed by atoms with van der Waals surface area (Å²) in [5, 5.41) is 0.617. The van der Waals surface area contributed by atoms with Crippen molar-refractivity contribution in [2.75, 3.05) is 0 Å². The van der Waals surface area contributed by atoms with Crippen LogP contribution in [0.3, 0.4) is 0 Å². The van der Waals surface area contributed by atoms with E-state index >= 15 is 0 Å². The van der Waals surface area contributed by atoms with Gasteiger partial charge in [0.05, 0.1) is 6.33 Å². The summed E-state index contributed by atoms with van der Waals surface area (Å²) in [5.41, 5.74) is 1.31. The maximum Gasteiger partial charge on any atom is 0.187 e. The van der Waals surface area contributed by atoms with E-state index in [4.69, 9.17) is 11.6 Å². The van der Waals surface area contributed by atoms with Gasteiger partial charge in [-0.05, 0) is 11.6 Å². The Morgan fingerprint density at radius 2 is 2.19 bits per heavy atom. The minimum absolute atomic E-state index is 0.0197.